The summed E-state index contributed by atoms with van der Waals surface area (Å²) in [5, 5.41) is 0. The third-order valence-electron chi connectivity index (χ3n) is 4.58. The topological polar surface area (TPSA) is 72.3 Å². The van der Waals surface area contributed by atoms with Crippen LogP contribution in [-0.4, -0.2) is 41.1 Å². The number of rotatable bonds is 4. The third kappa shape index (κ3) is 3.14. The predicted octanol–water partition coefficient (Wildman–Crippen LogP) is 2.42. The number of ketones is 1. The highest BCUT2D eigenvalue weighted by Gasteiger charge is 2.30. The van der Waals surface area contributed by atoms with Crippen LogP contribution in [0.1, 0.15) is 41.9 Å². The van der Waals surface area contributed by atoms with Gasteiger partial charge in [-0.3, -0.25) is 4.79 Å². The molecule has 7 heteroatoms. The zero-order valence-corrected chi connectivity index (χ0v) is 14.7. The molecule has 1 fully saturated rings. The molecule has 6 nitrogen and oxygen atoms in total. The number of imidazole rings is 1. The van der Waals surface area contributed by atoms with Crippen molar-refractivity contribution in [2.45, 2.75) is 37.6 Å². The van der Waals surface area contributed by atoms with Crippen molar-refractivity contribution in [1.29, 1.82) is 0 Å². The number of nitrogens with zero attached hydrogens (tertiary/aromatic N) is 3. The summed E-state index contributed by atoms with van der Waals surface area (Å²) in [5.41, 5.74) is 1.61. The number of piperidine rings is 1. The van der Waals surface area contributed by atoms with Crippen molar-refractivity contribution < 1.29 is 13.2 Å². The smallest absolute Gasteiger partial charge is 0.243 e. The Morgan fingerprint density at radius 2 is 1.79 bits per heavy atom. The Morgan fingerprint density at radius 1 is 1.17 bits per heavy atom. The SMILES string of the molecule is CC(=O)c1ccc(S(=O)(=O)N2CCC(n3cncc3C)CC2)cc1. The van der Waals surface area contributed by atoms with E-state index in [0.717, 1.165) is 18.5 Å². The lowest BCUT2D eigenvalue weighted by Crippen LogP contribution is -2.39. The lowest BCUT2D eigenvalue weighted by Gasteiger charge is -2.32. The maximum atomic E-state index is 12.8. The molecule has 24 heavy (non-hydrogen) atoms. The summed E-state index contributed by atoms with van der Waals surface area (Å²) < 4.78 is 29.1. The zero-order valence-electron chi connectivity index (χ0n) is 13.8. The minimum Gasteiger partial charge on any atom is -0.332 e. The molecule has 0 radical (unpaired) electrons. The molecule has 0 aliphatic carbocycles. The second kappa shape index (κ2) is 6.49. The lowest BCUT2D eigenvalue weighted by atomic mass is 10.1. The number of sulfonamides is 1. The number of carbonyl (C=O) groups excluding carboxylic acids is 1. The molecule has 0 amide bonds. The molecule has 2 heterocycles. The van der Waals surface area contributed by atoms with Crippen LogP contribution in [0.25, 0.3) is 0 Å². The summed E-state index contributed by atoms with van der Waals surface area (Å²) in [6.45, 7) is 4.44. The number of Topliss-reactive ketones (excluding diaryl/α,β-unsaturated/α-hetero) is 1. The average molecular weight is 347 g/mol. The van der Waals surface area contributed by atoms with Crippen molar-refractivity contribution in [3.63, 3.8) is 0 Å². The standard InChI is InChI=1S/C17H21N3O3S/c1-13-11-18-12-20(13)16-7-9-19(10-8-16)24(22,23)17-5-3-15(4-6-17)14(2)21/h3-6,11-12,16H,7-10H2,1-2H3. The molecule has 0 unspecified atom stereocenters. The van der Waals surface area contributed by atoms with E-state index in [9.17, 15) is 13.2 Å². The molecule has 1 aromatic carbocycles. The third-order valence-corrected chi connectivity index (χ3v) is 6.49. The number of aryl methyl sites for hydroxylation is 1. The van der Waals surface area contributed by atoms with Crippen LogP contribution in [0, 0.1) is 6.92 Å². The van der Waals surface area contributed by atoms with Crippen LogP contribution in [0.4, 0.5) is 0 Å². The van der Waals surface area contributed by atoms with Gasteiger partial charge in [0.15, 0.2) is 5.78 Å². The Hall–Kier alpha value is -1.99. The number of aromatic nitrogens is 2. The molecule has 1 aromatic heterocycles. The molecule has 1 saturated heterocycles. The van der Waals surface area contributed by atoms with Crippen LogP contribution in [-0.2, 0) is 10.0 Å². The summed E-state index contributed by atoms with van der Waals surface area (Å²) in [5.74, 6) is -0.0736. The van der Waals surface area contributed by atoms with Gasteiger partial charge in [0.05, 0.1) is 11.2 Å². The average Bonchev–Trinajstić information content (AvgIpc) is 3.01. The van der Waals surface area contributed by atoms with Crippen molar-refractivity contribution in [2.24, 2.45) is 0 Å². The molecular formula is C17H21N3O3S. The number of hydrogen-bond acceptors (Lipinski definition) is 4. The zero-order chi connectivity index (χ0) is 17.3. The molecule has 0 spiro atoms. The highest BCUT2D eigenvalue weighted by atomic mass is 32.2. The number of benzene rings is 1. The molecular weight excluding hydrogens is 326 g/mol. The van der Waals surface area contributed by atoms with E-state index in [-0.39, 0.29) is 10.7 Å². The van der Waals surface area contributed by atoms with Gasteiger partial charge in [0.1, 0.15) is 0 Å². The fourth-order valence-corrected chi connectivity index (χ4v) is 4.59. The van der Waals surface area contributed by atoms with E-state index in [1.54, 1.807) is 12.1 Å². The van der Waals surface area contributed by atoms with Crippen LogP contribution < -0.4 is 0 Å². The van der Waals surface area contributed by atoms with E-state index < -0.39 is 10.0 Å². The molecule has 128 valence electrons. The molecule has 1 aliphatic rings. The first-order valence-corrected chi connectivity index (χ1v) is 9.43. The maximum absolute atomic E-state index is 12.8. The number of hydrogen-bond donors (Lipinski definition) is 0. The largest absolute Gasteiger partial charge is 0.332 e. The minimum absolute atomic E-state index is 0.0736. The first-order chi connectivity index (χ1) is 11.4. The highest BCUT2D eigenvalue weighted by Crippen LogP contribution is 2.27. The fourth-order valence-electron chi connectivity index (χ4n) is 3.12. The summed E-state index contributed by atoms with van der Waals surface area (Å²) >= 11 is 0. The first kappa shape index (κ1) is 16.9. The molecule has 1 aliphatic heterocycles. The Balaban J connectivity index is 1.73. The van der Waals surface area contributed by atoms with Crippen LogP contribution in [0.2, 0.25) is 0 Å². The van der Waals surface area contributed by atoms with Gasteiger partial charge < -0.3 is 4.57 Å². The summed E-state index contributed by atoms with van der Waals surface area (Å²) in [4.78, 5) is 15.7. The van der Waals surface area contributed by atoms with Gasteiger partial charge in [0, 0.05) is 36.6 Å². The van der Waals surface area contributed by atoms with Crippen molar-refractivity contribution in [1.82, 2.24) is 13.9 Å². The second-order valence-corrected chi connectivity index (χ2v) is 8.10. The first-order valence-electron chi connectivity index (χ1n) is 7.99. The Labute approximate surface area is 142 Å². The molecule has 0 N–H and O–H groups in total. The van der Waals surface area contributed by atoms with Gasteiger partial charge in [-0.15, -0.1) is 0 Å². The number of carbonyl (C=O) groups is 1. The van der Waals surface area contributed by atoms with Gasteiger partial charge in [-0.2, -0.15) is 4.31 Å². The van der Waals surface area contributed by atoms with Gasteiger partial charge in [-0.05, 0) is 38.8 Å². The van der Waals surface area contributed by atoms with Gasteiger partial charge in [-0.1, -0.05) is 12.1 Å². The molecule has 0 bridgehead atoms. The van der Waals surface area contributed by atoms with Crippen LogP contribution in [0.3, 0.4) is 0 Å². The fraction of sp³-hybridized carbons (Fsp3) is 0.412. The van der Waals surface area contributed by atoms with E-state index in [0.29, 0.717) is 24.7 Å². The van der Waals surface area contributed by atoms with E-state index in [4.69, 9.17) is 0 Å². The van der Waals surface area contributed by atoms with E-state index in [1.807, 2.05) is 19.4 Å². The lowest BCUT2D eigenvalue weighted by molar-refractivity contribution is 0.101. The predicted molar refractivity (Wildman–Crippen MR) is 90.4 cm³/mol. The maximum Gasteiger partial charge on any atom is 0.243 e. The van der Waals surface area contributed by atoms with E-state index in [2.05, 4.69) is 9.55 Å². The monoisotopic (exact) mass is 347 g/mol. The van der Waals surface area contributed by atoms with Gasteiger partial charge in [0.2, 0.25) is 10.0 Å². The van der Waals surface area contributed by atoms with Crippen molar-refractivity contribution >= 4 is 15.8 Å². The van der Waals surface area contributed by atoms with E-state index >= 15 is 0 Å². The minimum atomic E-state index is -3.51. The summed E-state index contributed by atoms with van der Waals surface area (Å²) in [7, 11) is -3.51. The molecule has 3 rings (SSSR count). The van der Waals surface area contributed by atoms with Crippen LogP contribution >= 0.6 is 0 Å². The van der Waals surface area contributed by atoms with E-state index in [1.165, 1.54) is 23.4 Å². The second-order valence-electron chi connectivity index (χ2n) is 6.16. The van der Waals surface area contributed by atoms with Crippen LogP contribution in [0.15, 0.2) is 41.7 Å². The van der Waals surface area contributed by atoms with Crippen molar-refractivity contribution in [2.75, 3.05) is 13.1 Å². The van der Waals surface area contributed by atoms with Gasteiger partial charge >= 0.3 is 0 Å². The van der Waals surface area contributed by atoms with Crippen molar-refractivity contribution in [3.8, 4) is 0 Å². The Kier molecular flexibility index (Phi) is 4.56. The molecule has 0 saturated carbocycles. The van der Waals surface area contributed by atoms with Crippen molar-refractivity contribution in [3.05, 3.63) is 48.0 Å². The normalized spacial score (nSPS) is 17.1. The highest BCUT2D eigenvalue weighted by molar-refractivity contribution is 7.89. The van der Waals surface area contributed by atoms with Gasteiger partial charge in [-0.25, -0.2) is 13.4 Å². The quantitative estimate of drug-likeness (QED) is 0.796. The summed E-state index contributed by atoms with van der Waals surface area (Å²) in [6, 6.07) is 6.45. The Morgan fingerprint density at radius 3 is 2.29 bits per heavy atom. The summed E-state index contributed by atoms with van der Waals surface area (Å²) in [6.07, 6.45) is 5.16. The van der Waals surface area contributed by atoms with Crippen LogP contribution in [0.5, 0.6) is 0 Å². The molecule has 0 atom stereocenters. The van der Waals surface area contributed by atoms with Gasteiger partial charge in [0.25, 0.3) is 0 Å². The Bertz CT molecular complexity index is 832. The molecule has 2 aromatic rings.